The van der Waals surface area contributed by atoms with Gasteiger partial charge in [-0.1, -0.05) is 6.07 Å². The quantitative estimate of drug-likeness (QED) is 0.846. The highest BCUT2D eigenvalue weighted by molar-refractivity contribution is 5.65. The molecule has 1 amide bonds. The smallest absolute Gasteiger partial charge is 0.404 e. The Bertz CT molecular complexity index is 404. The molecule has 0 radical (unpaired) electrons. The average molecular weight is 235 g/mol. The molecule has 4 heteroatoms. The van der Waals surface area contributed by atoms with E-state index in [0.717, 1.165) is 18.6 Å². The first-order chi connectivity index (χ1) is 8.02. The number of benzene rings is 1. The average Bonchev–Trinajstić information content (AvgIpc) is 2.11. The molecule has 2 N–H and O–H groups in total. The Labute approximate surface area is 101 Å². The Morgan fingerprint density at radius 3 is 2.41 bits per heavy atom. The summed E-state index contributed by atoms with van der Waals surface area (Å²) in [6.07, 6.45) is 0.673. The van der Waals surface area contributed by atoms with Gasteiger partial charge in [0.25, 0.3) is 0 Å². The van der Waals surface area contributed by atoms with Crippen LogP contribution in [0.2, 0.25) is 0 Å². The minimum Gasteiger partial charge on any atom is -0.490 e. The third-order valence-electron chi connectivity index (χ3n) is 2.92. The molecule has 0 aromatic heterocycles. The fourth-order valence-corrected chi connectivity index (χ4v) is 2.15. The maximum atomic E-state index is 10.4. The van der Waals surface area contributed by atoms with Crippen molar-refractivity contribution in [1.82, 2.24) is 5.32 Å². The van der Waals surface area contributed by atoms with Gasteiger partial charge in [-0.05, 0) is 37.1 Å². The third-order valence-corrected chi connectivity index (χ3v) is 2.92. The summed E-state index contributed by atoms with van der Waals surface area (Å²) in [6, 6.07) is 6.15. The van der Waals surface area contributed by atoms with Crippen LogP contribution >= 0.6 is 0 Å². The highest BCUT2D eigenvalue weighted by Crippen LogP contribution is 2.27. The molecule has 17 heavy (non-hydrogen) atoms. The molecular weight excluding hydrogens is 218 g/mol. The minimum atomic E-state index is -0.958. The van der Waals surface area contributed by atoms with Crippen LogP contribution < -0.4 is 10.1 Å². The SMILES string of the molecule is Cc1cc(C)cc(OC2CC(NC(=O)O)C2)c1. The van der Waals surface area contributed by atoms with Crippen molar-refractivity contribution in [2.75, 3.05) is 0 Å². The van der Waals surface area contributed by atoms with Crippen molar-refractivity contribution in [3.63, 3.8) is 0 Å². The lowest BCUT2D eigenvalue weighted by molar-refractivity contribution is 0.0833. The fraction of sp³-hybridized carbons (Fsp3) is 0.462. The van der Waals surface area contributed by atoms with Gasteiger partial charge in [0.15, 0.2) is 0 Å². The molecule has 1 fully saturated rings. The summed E-state index contributed by atoms with van der Waals surface area (Å²) in [4.78, 5) is 10.4. The van der Waals surface area contributed by atoms with Crippen LogP contribution in [0.15, 0.2) is 18.2 Å². The van der Waals surface area contributed by atoms with Crippen LogP contribution in [0, 0.1) is 13.8 Å². The number of amides is 1. The summed E-state index contributed by atoms with van der Waals surface area (Å²) in [5.74, 6) is 0.876. The number of nitrogens with one attached hydrogen (secondary N) is 1. The molecule has 0 bridgehead atoms. The van der Waals surface area contributed by atoms with E-state index in [1.807, 2.05) is 26.0 Å². The van der Waals surface area contributed by atoms with Crippen molar-refractivity contribution in [1.29, 1.82) is 0 Å². The summed E-state index contributed by atoms with van der Waals surface area (Å²) >= 11 is 0. The highest BCUT2D eigenvalue weighted by Gasteiger charge is 2.31. The predicted octanol–water partition coefficient (Wildman–Crippen LogP) is 2.48. The van der Waals surface area contributed by atoms with Crippen LogP contribution in [-0.4, -0.2) is 23.3 Å². The van der Waals surface area contributed by atoms with Crippen LogP contribution in [0.3, 0.4) is 0 Å². The van der Waals surface area contributed by atoms with Crippen molar-refractivity contribution in [2.45, 2.75) is 38.8 Å². The molecule has 1 aromatic carbocycles. The Kier molecular flexibility index (Phi) is 3.22. The molecule has 0 atom stereocenters. The number of ether oxygens (including phenoxy) is 1. The maximum Gasteiger partial charge on any atom is 0.404 e. The van der Waals surface area contributed by atoms with Crippen molar-refractivity contribution in [2.24, 2.45) is 0 Å². The van der Waals surface area contributed by atoms with Crippen molar-refractivity contribution >= 4 is 6.09 Å². The van der Waals surface area contributed by atoms with Crippen LogP contribution in [0.1, 0.15) is 24.0 Å². The van der Waals surface area contributed by atoms with E-state index in [4.69, 9.17) is 9.84 Å². The largest absolute Gasteiger partial charge is 0.490 e. The number of hydrogen-bond donors (Lipinski definition) is 2. The fourth-order valence-electron chi connectivity index (χ4n) is 2.15. The highest BCUT2D eigenvalue weighted by atomic mass is 16.5. The first kappa shape index (κ1) is 11.8. The summed E-state index contributed by atoms with van der Waals surface area (Å²) in [6.45, 7) is 4.07. The number of carbonyl (C=O) groups is 1. The van der Waals surface area contributed by atoms with E-state index in [2.05, 4.69) is 11.4 Å². The van der Waals surface area contributed by atoms with E-state index in [1.165, 1.54) is 11.1 Å². The molecular formula is C13H17NO3. The Morgan fingerprint density at radius 2 is 1.88 bits per heavy atom. The normalized spacial score (nSPS) is 22.7. The second kappa shape index (κ2) is 4.65. The van der Waals surface area contributed by atoms with Crippen molar-refractivity contribution in [3.05, 3.63) is 29.3 Å². The summed E-state index contributed by atoms with van der Waals surface area (Å²) in [7, 11) is 0. The van der Waals surface area contributed by atoms with E-state index in [0.29, 0.717) is 0 Å². The van der Waals surface area contributed by atoms with E-state index in [9.17, 15) is 4.79 Å². The van der Waals surface area contributed by atoms with Crippen LogP contribution in [-0.2, 0) is 0 Å². The Morgan fingerprint density at radius 1 is 1.29 bits per heavy atom. The lowest BCUT2D eigenvalue weighted by Gasteiger charge is -2.35. The van der Waals surface area contributed by atoms with Gasteiger partial charge in [-0.15, -0.1) is 0 Å². The Hall–Kier alpha value is -1.71. The summed E-state index contributed by atoms with van der Waals surface area (Å²) < 4.78 is 5.79. The first-order valence-electron chi connectivity index (χ1n) is 5.77. The lowest BCUT2D eigenvalue weighted by Crippen LogP contribution is -2.48. The van der Waals surface area contributed by atoms with Crippen LogP contribution in [0.25, 0.3) is 0 Å². The second-order valence-corrected chi connectivity index (χ2v) is 4.68. The predicted molar refractivity (Wildman–Crippen MR) is 64.5 cm³/mol. The molecule has 1 aromatic rings. The van der Waals surface area contributed by atoms with Gasteiger partial charge < -0.3 is 15.2 Å². The summed E-state index contributed by atoms with van der Waals surface area (Å²) in [5, 5.41) is 11.0. The maximum absolute atomic E-state index is 10.4. The minimum absolute atomic E-state index is 0.0448. The van der Waals surface area contributed by atoms with Gasteiger partial charge >= 0.3 is 6.09 Å². The van der Waals surface area contributed by atoms with Gasteiger partial charge in [-0.25, -0.2) is 4.79 Å². The monoisotopic (exact) mass is 235 g/mol. The number of hydrogen-bond acceptors (Lipinski definition) is 2. The van der Waals surface area contributed by atoms with Gasteiger partial charge in [0.1, 0.15) is 11.9 Å². The molecule has 2 rings (SSSR count). The van der Waals surface area contributed by atoms with E-state index < -0.39 is 6.09 Å². The van der Waals surface area contributed by atoms with Gasteiger partial charge in [-0.3, -0.25) is 0 Å². The number of carboxylic acid groups (broad SMARTS) is 1. The second-order valence-electron chi connectivity index (χ2n) is 4.68. The molecule has 4 nitrogen and oxygen atoms in total. The standard InChI is InChI=1S/C13H17NO3/c1-8-3-9(2)5-11(4-8)17-12-6-10(7-12)14-13(15)16/h3-5,10,12,14H,6-7H2,1-2H3,(H,15,16). The molecule has 0 heterocycles. The van der Waals surface area contributed by atoms with E-state index in [-0.39, 0.29) is 12.1 Å². The van der Waals surface area contributed by atoms with Crippen molar-refractivity contribution < 1.29 is 14.6 Å². The Balaban J connectivity index is 1.85. The zero-order chi connectivity index (χ0) is 12.4. The molecule has 1 aliphatic rings. The molecule has 0 unspecified atom stereocenters. The zero-order valence-corrected chi connectivity index (χ0v) is 10.1. The third kappa shape index (κ3) is 3.12. The summed E-state index contributed by atoms with van der Waals surface area (Å²) in [5.41, 5.74) is 2.36. The number of aryl methyl sites for hydroxylation is 2. The molecule has 0 spiro atoms. The molecule has 0 aliphatic heterocycles. The lowest BCUT2D eigenvalue weighted by atomic mass is 9.89. The van der Waals surface area contributed by atoms with Crippen LogP contribution in [0.5, 0.6) is 5.75 Å². The van der Waals surface area contributed by atoms with Gasteiger partial charge in [0, 0.05) is 18.9 Å². The first-order valence-corrected chi connectivity index (χ1v) is 5.77. The zero-order valence-electron chi connectivity index (χ0n) is 10.1. The van der Waals surface area contributed by atoms with Gasteiger partial charge in [0.05, 0.1) is 0 Å². The van der Waals surface area contributed by atoms with E-state index in [1.54, 1.807) is 0 Å². The topological polar surface area (TPSA) is 58.6 Å². The van der Waals surface area contributed by atoms with Gasteiger partial charge in [-0.2, -0.15) is 0 Å². The molecule has 0 saturated heterocycles. The van der Waals surface area contributed by atoms with Gasteiger partial charge in [0.2, 0.25) is 0 Å². The van der Waals surface area contributed by atoms with Crippen LogP contribution in [0.4, 0.5) is 4.79 Å². The molecule has 1 saturated carbocycles. The number of rotatable bonds is 3. The van der Waals surface area contributed by atoms with Crippen molar-refractivity contribution in [3.8, 4) is 5.75 Å². The molecule has 92 valence electrons. The van der Waals surface area contributed by atoms with E-state index >= 15 is 0 Å². The molecule has 1 aliphatic carbocycles.